The molecule has 0 aliphatic carbocycles. The Morgan fingerprint density at radius 3 is 1.17 bits per heavy atom. The van der Waals surface area contributed by atoms with Crippen molar-refractivity contribution in [3.63, 3.8) is 0 Å². The number of esters is 2. The van der Waals surface area contributed by atoms with Crippen molar-refractivity contribution in [2.24, 2.45) is 0 Å². The summed E-state index contributed by atoms with van der Waals surface area (Å²) < 4.78 is 22.3. The second kappa shape index (κ2) is 19.8. The van der Waals surface area contributed by atoms with Crippen molar-refractivity contribution < 1.29 is 38.7 Å². The van der Waals surface area contributed by atoms with E-state index < -0.39 is 24.1 Å². The Kier molecular flexibility index (Phi) is 16.2. The first kappa shape index (κ1) is 38.5. The zero-order valence-corrected chi connectivity index (χ0v) is 27.7. The molecule has 0 radical (unpaired) electrons. The standard InChI is InChI=1S/C39H48O8/c1-9-13-30-18-28(19-31(14-10-2)36(30)44-22-34(40)24-46-38(42)26(5)6)17-29-20-32(15-11-3)37(33(21-29)16-12-4)45-23-35(41)25-47-39(43)27(7)8/h9-12,18-21,34-35,40-41H,1-5,7,13-17,22-25H2,6,8H3. The molecule has 2 rings (SSSR count). The minimum atomic E-state index is -1.02. The summed E-state index contributed by atoms with van der Waals surface area (Å²) >= 11 is 0. The van der Waals surface area contributed by atoms with Crippen molar-refractivity contribution >= 4 is 11.9 Å². The van der Waals surface area contributed by atoms with Crippen LogP contribution >= 0.6 is 0 Å². The Morgan fingerprint density at radius 2 is 0.915 bits per heavy atom. The molecule has 0 aromatic heterocycles. The largest absolute Gasteiger partial charge is 0.490 e. The maximum atomic E-state index is 11.7. The van der Waals surface area contributed by atoms with E-state index in [1.165, 1.54) is 0 Å². The van der Waals surface area contributed by atoms with Gasteiger partial charge in [-0.2, -0.15) is 0 Å². The van der Waals surface area contributed by atoms with Crippen LogP contribution in [0.3, 0.4) is 0 Å². The molecule has 0 saturated heterocycles. The molecule has 0 saturated carbocycles. The van der Waals surface area contributed by atoms with Gasteiger partial charge in [0.1, 0.15) is 50.1 Å². The van der Waals surface area contributed by atoms with Crippen LogP contribution in [0.15, 0.2) is 99.2 Å². The molecule has 252 valence electrons. The Balaban J connectivity index is 2.37. The van der Waals surface area contributed by atoms with Gasteiger partial charge in [-0.3, -0.25) is 0 Å². The second-order valence-electron chi connectivity index (χ2n) is 11.3. The van der Waals surface area contributed by atoms with Crippen LogP contribution in [0.5, 0.6) is 11.5 Å². The molecule has 8 nitrogen and oxygen atoms in total. The van der Waals surface area contributed by atoms with Gasteiger partial charge in [0.25, 0.3) is 0 Å². The molecule has 2 atom stereocenters. The number of ether oxygens (including phenoxy) is 4. The predicted octanol–water partition coefficient (Wildman–Crippen LogP) is 5.91. The summed E-state index contributed by atoms with van der Waals surface area (Å²) in [7, 11) is 0. The van der Waals surface area contributed by atoms with Crippen molar-refractivity contribution in [1.29, 1.82) is 0 Å². The van der Waals surface area contributed by atoms with E-state index in [9.17, 15) is 19.8 Å². The van der Waals surface area contributed by atoms with Crippen molar-refractivity contribution in [3.8, 4) is 11.5 Å². The molecular weight excluding hydrogens is 596 g/mol. The van der Waals surface area contributed by atoms with Crippen LogP contribution in [0.2, 0.25) is 0 Å². The third-order valence-electron chi connectivity index (χ3n) is 6.82. The second-order valence-corrected chi connectivity index (χ2v) is 11.3. The van der Waals surface area contributed by atoms with E-state index in [1.807, 2.05) is 0 Å². The van der Waals surface area contributed by atoms with Gasteiger partial charge in [-0.25, -0.2) is 9.59 Å². The molecule has 2 aromatic rings. The van der Waals surface area contributed by atoms with Gasteiger partial charge >= 0.3 is 11.9 Å². The normalized spacial score (nSPS) is 11.8. The molecule has 0 bridgehead atoms. The zero-order valence-electron chi connectivity index (χ0n) is 27.7. The Labute approximate surface area is 279 Å². The van der Waals surface area contributed by atoms with Crippen LogP contribution in [-0.4, -0.2) is 60.8 Å². The smallest absolute Gasteiger partial charge is 0.333 e. The van der Waals surface area contributed by atoms with Crippen molar-refractivity contribution in [3.05, 3.63) is 133 Å². The molecular formula is C39H48O8. The van der Waals surface area contributed by atoms with E-state index in [-0.39, 0.29) is 37.6 Å². The van der Waals surface area contributed by atoms with E-state index in [2.05, 4.69) is 63.7 Å². The predicted molar refractivity (Wildman–Crippen MR) is 186 cm³/mol. The molecule has 8 heteroatoms. The first-order valence-electron chi connectivity index (χ1n) is 15.4. The number of hydrogen-bond donors (Lipinski definition) is 2. The quantitative estimate of drug-likeness (QED) is 0.0925. The molecule has 0 aliphatic heterocycles. The number of allylic oxidation sites excluding steroid dienone is 4. The summed E-state index contributed by atoms with van der Waals surface area (Å²) in [5.74, 6) is 0.128. The van der Waals surface area contributed by atoms with Gasteiger partial charge in [-0.05, 0) is 79.3 Å². The molecule has 2 aromatic carbocycles. The lowest BCUT2D eigenvalue weighted by atomic mass is 9.93. The highest BCUT2D eigenvalue weighted by molar-refractivity contribution is 5.87. The Hall–Kier alpha value is -4.66. The lowest BCUT2D eigenvalue weighted by Gasteiger charge is -2.21. The molecule has 0 fully saturated rings. The lowest BCUT2D eigenvalue weighted by molar-refractivity contribution is -0.143. The molecule has 0 amide bonds. The van der Waals surface area contributed by atoms with E-state index in [0.29, 0.717) is 43.6 Å². The highest BCUT2D eigenvalue weighted by atomic mass is 16.6. The van der Waals surface area contributed by atoms with Gasteiger partial charge in [0.2, 0.25) is 0 Å². The highest BCUT2D eigenvalue weighted by Gasteiger charge is 2.18. The van der Waals surface area contributed by atoms with Crippen LogP contribution in [0.4, 0.5) is 0 Å². The minimum absolute atomic E-state index is 0.0700. The maximum absolute atomic E-state index is 11.7. The number of rotatable bonds is 22. The fourth-order valence-corrected chi connectivity index (χ4v) is 4.74. The molecule has 2 N–H and O–H groups in total. The van der Waals surface area contributed by atoms with Crippen molar-refractivity contribution in [2.75, 3.05) is 26.4 Å². The van der Waals surface area contributed by atoms with Crippen LogP contribution in [0.25, 0.3) is 0 Å². The fraction of sp³-hybridized carbons (Fsp3) is 0.333. The van der Waals surface area contributed by atoms with Gasteiger partial charge in [-0.1, -0.05) is 61.7 Å². The summed E-state index contributed by atoms with van der Waals surface area (Å²) in [6.45, 7) is 25.2. The molecule has 2 unspecified atom stereocenters. The molecule has 0 aliphatic rings. The Morgan fingerprint density at radius 1 is 0.617 bits per heavy atom. The van der Waals surface area contributed by atoms with Crippen molar-refractivity contribution in [1.82, 2.24) is 0 Å². The number of hydrogen-bond acceptors (Lipinski definition) is 8. The van der Waals surface area contributed by atoms with Gasteiger partial charge < -0.3 is 29.2 Å². The average molecular weight is 645 g/mol. The monoisotopic (exact) mass is 644 g/mol. The zero-order chi connectivity index (χ0) is 34.9. The third-order valence-corrected chi connectivity index (χ3v) is 6.82. The number of aliphatic hydroxyl groups is 2. The lowest BCUT2D eigenvalue weighted by Crippen LogP contribution is -2.26. The van der Waals surface area contributed by atoms with E-state index >= 15 is 0 Å². The molecule has 47 heavy (non-hydrogen) atoms. The van der Waals surface area contributed by atoms with Gasteiger partial charge in [0.15, 0.2) is 0 Å². The van der Waals surface area contributed by atoms with E-state index in [4.69, 9.17) is 18.9 Å². The Bertz CT molecular complexity index is 1300. The summed E-state index contributed by atoms with van der Waals surface area (Å²) in [5.41, 5.74) is 6.20. The minimum Gasteiger partial charge on any atom is -0.490 e. The first-order chi connectivity index (χ1) is 22.4. The summed E-state index contributed by atoms with van der Waals surface area (Å²) in [6, 6.07) is 8.24. The number of aliphatic hydroxyl groups excluding tert-OH is 2. The number of benzene rings is 2. The van der Waals surface area contributed by atoms with E-state index in [0.717, 1.165) is 33.4 Å². The van der Waals surface area contributed by atoms with E-state index in [1.54, 1.807) is 38.2 Å². The summed E-state index contributed by atoms with van der Waals surface area (Å²) in [6.07, 6.45) is 7.86. The van der Waals surface area contributed by atoms with Gasteiger partial charge in [-0.15, -0.1) is 26.3 Å². The van der Waals surface area contributed by atoms with Gasteiger partial charge in [0.05, 0.1) is 0 Å². The van der Waals surface area contributed by atoms with Crippen LogP contribution in [0.1, 0.15) is 47.2 Å². The van der Waals surface area contributed by atoms with Crippen LogP contribution < -0.4 is 9.47 Å². The van der Waals surface area contributed by atoms with Crippen LogP contribution in [0, 0.1) is 0 Å². The summed E-state index contributed by atoms with van der Waals surface area (Å²) in [5, 5.41) is 20.8. The molecule has 0 heterocycles. The number of carbonyl (C=O) groups excluding carboxylic acids is 2. The topological polar surface area (TPSA) is 112 Å². The summed E-state index contributed by atoms with van der Waals surface area (Å²) in [4.78, 5) is 23.4. The SMILES string of the molecule is C=CCc1cc(Cc2cc(CC=C)c(OCC(O)COC(=O)C(=C)C)c(CC=C)c2)cc(CC=C)c1OCC(O)COC(=O)C(=C)C. The molecule has 0 spiro atoms. The van der Waals surface area contributed by atoms with Crippen LogP contribution in [-0.2, 0) is 51.2 Å². The first-order valence-corrected chi connectivity index (χ1v) is 15.4. The van der Waals surface area contributed by atoms with Gasteiger partial charge in [0, 0.05) is 11.1 Å². The van der Waals surface area contributed by atoms with Crippen molar-refractivity contribution in [2.45, 2.75) is 58.2 Å². The maximum Gasteiger partial charge on any atom is 0.333 e. The average Bonchev–Trinajstić information content (AvgIpc) is 3.02. The third kappa shape index (κ3) is 12.6. The highest BCUT2D eigenvalue weighted by Crippen LogP contribution is 2.32. The fourth-order valence-electron chi connectivity index (χ4n) is 4.74. The number of carbonyl (C=O) groups is 2.